The topological polar surface area (TPSA) is 105 Å². The van der Waals surface area contributed by atoms with Crippen LogP contribution in [0.5, 0.6) is 0 Å². The highest BCUT2D eigenvalue weighted by atomic mass is 19.4. The molecule has 11 heteroatoms. The van der Waals surface area contributed by atoms with Crippen LogP contribution in [0.25, 0.3) is 0 Å². The Morgan fingerprint density at radius 2 is 1.49 bits per heavy atom. The van der Waals surface area contributed by atoms with Crippen LogP contribution >= 0.6 is 0 Å². The first kappa shape index (κ1) is 32.9. The van der Waals surface area contributed by atoms with Crippen molar-refractivity contribution >= 4 is 23.9 Å². The van der Waals surface area contributed by atoms with Crippen LogP contribution in [0.4, 0.5) is 13.2 Å². The smallest absolute Gasteiger partial charge is 0.425 e. The van der Waals surface area contributed by atoms with Gasteiger partial charge in [0, 0.05) is 11.8 Å². The predicted molar refractivity (Wildman–Crippen MR) is 134 cm³/mol. The molecule has 0 aromatic rings. The van der Waals surface area contributed by atoms with E-state index in [-0.39, 0.29) is 29.3 Å². The molecule has 8 nitrogen and oxygen atoms in total. The zero-order valence-corrected chi connectivity index (χ0v) is 24.6. The van der Waals surface area contributed by atoms with Crippen LogP contribution in [0.1, 0.15) is 94.9 Å². The van der Waals surface area contributed by atoms with Crippen LogP contribution in [0.3, 0.4) is 0 Å². The van der Waals surface area contributed by atoms with Crippen molar-refractivity contribution in [2.75, 3.05) is 0 Å². The molecule has 2 saturated carbocycles. The number of alkyl halides is 3. The number of carbonyl (C=O) groups excluding carboxylic acids is 4. The van der Waals surface area contributed by atoms with E-state index in [0.717, 1.165) is 13.3 Å². The predicted octanol–water partition coefficient (Wildman–Crippen LogP) is 5.54. The van der Waals surface area contributed by atoms with Gasteiger partial charge in [0.1, 0.15) is 17.8 Å². The Morgan fingerprint density at radius 1 is 0.974 bits per heavy atom. The van der Waals surface area contributed by atoms with Gasteiger partial charge in [0.25, 0.3) is 0 Å². The van der Waals surface area contributed by atoms with E-state index in [1.165, 1.54) is 0 Å². The van der Waals surface area contributed by atoms with Crippen LogP contribution in [-0.2, 0) is 38.1 Å². The normalized spacial score (nSPS) is 28.7. The molecule has 1 saturated heterocycles. The molecule has 0 aromatic carbocycles. The first-order valence-corrected chi connectivity index (χ1v) is 13.5. The van der Waals surface area contributed by atoms with Crippen LogP contribution in [0.15, 0.2) is 0 Å². The highest BCUT2D eigenvalue weighted by molar-refractivity contribution is 6.03. The van der Waals surface area contributed by atoms with Crippen molar-refractivity contribution < 1.29 is 51.3 Å². The highest BCUT2D eigenvalue weighted by Crippen LogP contribution is 2.63. The van der Waals surface area contributed by atoms with E-state index < -0.39 is 59.1 Å². The van der Waals surface area contributed by atoms with Gasteiger partial charge in [-0.1, -0.05) is 13.8 Å². The lowest BCUT2D eigenvalue weighted by Gasteiger charge is -2.33. The van der Waals surface area contributed by atoms with Crippen molar-refractivity contribution in [3.63, 3.8) is 0 Å². The Bertz CT molecular complexity index is 965. The largest absolute Gasteiger partial charge is 0.460 e. The molecule has 6 unspecified atom stereocenters. The Morgan fingerprint density at radius 3 is 1.95 bits per heavy atom. The highest BCUT2D eigenvalue weighted by Gasteiger charge is 2.75. The quantitative estimate of drug-likeness (QED) is 0.225. The van der Waals surface area contributed by atoms with Gasteiger partial charge in [-0.15, -0.1) is 0 Å². The molecule has 1 aliphatic heterocycles. The third-order valence-electron chi connectivity index (χ3n) is 8.19. The second kappa shape index (κ2) is 10.9. The molecule has 3 rings (SSSR count). The van der Waals surface area contributed by atoms with Gasteiger partial charge < -0.3 is 18.9 Å². The molecule has 2 bridgehead atoms. The average Bonchev–Trinajstić information content (AvgIpc) is 3.40. The van der Waals surface area contributed by atoms with Crippen molar-refractivity contribution in [3.8, 4) is 0 Å². The van der Waals surface area contributed by atoms with Crippen molar-refractivity contribution in [2.45, 2.75) is 125 Å². The lowest BCUT2D eigenvalue weighted by atomic mass is 9.73. The molecule has 1 heterocycles. The summed E-state index contributed by atoms with van der Waals surface area (Å²) in [4.78, 5) is 48.8. The summed E-state index contributed by atoms with van der Waals surface area (Å²) < 4.78 is 58.9. The second-order valence-corrected chi connectivity index (χ2v) is 13.1. The molecule has 6 atom stereocenters. The molecule has 2 aliphatic carbocycles. The Balaban J connectivity index is 0.000000377. The van der Waals surface area contributed by atoms with Crippen LogP contribution < -0.4 is 0 Å². The van der Waals surface area contributed by atoms with E-state index in [1.54, 1.807) is 13.8 Å². The molecule has 0 amide bonds. The van der Waals surface area contributed by atoms with Crippen LogP contribution in [-0.4, -0.2) is 54.0 Å². The summed E-state index contributed by atoms with van der Waals surface area (Å²) in [5.41, 5.74) is -3.16. The van der Waals surface area contributed by atoms with Crippen LogP contribution in [0.2, 0.25) is 0 Å². The Hall–Kier alpha value is -2.33. The van der Waals surface area contributed by atoms with Gasteiger partial charge in [0.2, 0.25) is 0 Å². The molecule has 0 N–H and O–H groups in total. The summed E-state index contributed by atoms with van der Waals surface area (Å²) in [5.74, 6) is -3.58. The maximum absolute atomic E-state index is 12.7. The standard InChI is InChI=1S/C18H23F3O6.C10H20O2/c1-5-16(3,4)13(22)26-11-9-6-10-12(11)27-15(24)17(10,7-9)14(23)25-8(2)18(19,20)21;1-7-10(5,6)8(11)12-9(2,3)4/h8-12H,5-7H2,1-4H3;7H2,1-6H3. The average molecular weight is 565 g/mol. The molecule has 0 radical (unpaired) electrons. The fourth-order valence-electron chi connectivity index (χ4n) is 4.75. The fraction of sp³-hybridized carbons (Fsp3) is 0.857. The number of carbonyl (C=O) groups is 4. The molecule has 0 aromatic heterocycles. The number of esters is 4. The zero-order chi connectivity index (χ0) is 30.4. The number of halogens is 3. The lowest BCUT2D eigenvalue weighted by Crippen LogP contribution is -2.48. The van der Waals surface area contributed by atoms with Crippen molar-refractivity contribution in [1.82, 2.24) is 0 Å². The van der Waals surface area contributed by atoms with Crippen molar-refractivity contribution in [2.24, 2.45) is 28.1 Å². The van der Waals surface area contributed by atoms with Crippen LogP contribution in [0, 0.1) is 28.1 Å². The third kappa shape index (κ3) is 6.70. The number of ether oxygens (including phenoxy) is 4. The SMILES string of the molecule is CCC(C)(C)C(=O)OC(C)(C)C.CCC(C)(C)C(=O)OC1C2CC3C1OC(=O)C3(C(=O)OC(C)C(F)(F)F)C2. The number of rotatable bonds is 7. The van der Waals surface area contributed by atoms with E-state index >= 15 is 0 Å². The van der Waals surface area contributed by atoms with Gasteiger partial charge in [0.05, 0.1) is 10.8 Å². The zero-order valence-electron chi connectivity index (χ0n) is 24.6. The number of hydrogen-bond donors (Lipinski definition) is 0. The molecular weight excluding hydrogens is 521 g/mol. The van der Waals surface area contributed by atoms with E-state index in [0.29, 0.717) is 12.8 Å². The first-order valence-electron chi connectivity index (χ1n) is 13.5. The minimum Gasteiger partial charge on any atom is -0.460 e. The van der Waals surface area contributed by atoms with Gasteiger partial charge in [-0.2, -0.15) is 13.2 Å². The van der Waals surface area contributed by atoms with Crippen molar-refractivity contribution in [1.29, 1.82) is 0 Å². The first-order chi connectivity index (χ1) is 17.5. The van der Waals surface area contributed by atoms with E-state index in [9.17, 15) is 32.3 Å². The minimum absolute atomic E-state index is 0.0269. The molecule has 39 heavy (non-hydrogen) atoms. The van der Waals surface area contributed by atoms with Gasteiger partial charge in [-0.05, 0) is 81.1 Å². The van der Waals surface area contributed by atoms with Gasteiger partial charge >= 0.3 is 30.1 Å². The van der Waals surface area contributed by atoms with Gasteiger partial charge in [0.15, 0.2) is 11.5 Å². The van der Waals surface area contributed by atoms with Crippen molar-refractivity contribution in [3.05, 3.63) is 0 Å². The maximum atomic E-state index is 12.7. The van der Waals surface area contributed by atoms with E-state index in [4.69, 9.17) is 14.2 Å². The molecule has 224 valence electrons. The molecular formula is C28H43F3O8. The fourth-order valence-corrected chi connectivity index (χ4v) is 4.75. The number of hydrogen-bond acceptors (Lipinski definition) is 8. The summed E-state index contributed by atoms with van der Waals surface area (Å²) in [6, 6.07) is 0. The summed E-state index contributed by atoms with van der Waals surface area (Å²) in [6.45, 7) is 17.5. The summed E-state index contributed by atoms with van der Waals surface area (Å²) in [5, 5.41) is 0. The third-order valence-corrected chi connectivity index (χ3v) is 8.19. The molecule has 3 aliphatic rings. The summed E-state index contributed by atoms with van der Waals surface area (Å²) >= 11 is 0. The second-order valence-electron chi connectivity index (χ2n) is 13.1. The molecule has 0 spiro atoms. The maximum Gasteiger partial charge on any atom is 0.425 e. The monoisotopic (exact) mass is 564 g/mol. The van der Waals surface area contributed by atoms with E-state index in [1.807, 2.05) is 48.5 Å². The minimum atomic E-state index is -4.71. The Kier molecular flexibility index (Phi) is 9.20. The van der Waals surface area contributed by atoms with Gasteiger partial charge in [-0.3, -0.25) is 19.2 Å². The number of fused-ring (bicyclic) bond motifs is 1. The summed E-state index contributed by atoms with van der Waals surface area (Å²) in [7, 11) is 0. The lowest BCUT2D eigenvalue weighted by molar-refractivity contribution is -0.222. The van der Waals surface area contributed by atoms with E-state index in [2.05, 4.69) is 4.74 Å². The Labute approximate surface area is 228 Å². The molecule has 3 fully saturated rings. The van der Waals surface area contributed by atoms with Gasteiger partial charge in [-0.25, -0.2) is 0 Å². The summed E-state index contributed by atoms with van der Waals surface area (Å²) in [6.07, 6.45) is -6.82.